The van der Waals surface area contributed by atoms with Crippen molar-refractivity contribution in [2.24, 2.45) is 12.8 Å². The number of aromatic nitrogens is 4. The highest BCUT2D eigenvalue weighted by atomic mass is 35.5. The third-order valence-electron chi connectivity index (χ3n) is 4.32. The van der Waals surface area contributed by atoms with Gasteiger partial charge in [-0.15, -0.1) is 12.4 Å². The molecular formula is C18H28ClN5O3. The van der Waals surface area contributed by atoms with Crippen LogP contribution in [0.2, 0.25) is 0 Å². The van der Waals surface area contributed by atoms with Crippen LogP contribution >= 0.6 is 12.4 Å². The van der Waals surface area contributed by atoms with Crippen LogP contribution in [0.1, 0.15) is 39.5 Å². The Balaban J connectivity index is 0.00000364. The lowest BCUT2D eigenvalue weighted by Gasteiger charge is -2.16. The van der Waals surface area contributed by atoms with Gasteiger partial charge < -0.3 is 15.4 Å². The van der Waals surface area contributed by atoms with Gasteiger partial charge in [0.1, 0.15) is 5.60 Å². The van der Waals surface area contributed by atoms with E-state index in [0.29, 0.717) is 43.5 Å². The first-order valence-electron chi connectivity index (χ1n) is 8.89. The topological polar surface area (TPSA) is 108 Å². The molecule has 2 heterocycles. The highest BCUT2D eigenvalue weighted by Crippen LogP contribution is 2.13. The predicted molar refractivity (Wildman–Crippen MR) is 108 cm³/mol. The maximum Gasteiger partial charge on any atom is 0.332 e. The molecule has 0 aliphatic heterocycles. The van der Waals surface area contributed by atoms with Crippen molar-refractivity contribution in [2.75, 3.05) is 6.54 Å². The first-order valence-corrected chi connectivity index (χ1v) is 8.89. The minimum Gasteiger partial charge on any atom is -0.378 e. The molecule has 0 aliphatic carbocycles. The maximum atomic E-state index is 12.8. The fourth-order valence-electron chi connectivity index (χ4n) is 2.97. The largest absolute Gasteiger partial charge is 0.378 e. The highest BCUT2D eigenvalue weighted by molar-refractivity contribution is 5.85. The number of nitrogens with two attached hydrogens (primary N) is 1. The summed E-state index contributed by atoms with van der Waals surface area (Å²) >= 11 is 0. The number of hydrogen-bond donors (Lipinski definition) is 2. The Morgan fingerprint density at radius 2 is 2.00 bits per heavy atom. The first-order chi connectivity index (χ1) is 12.3. The number of aryl methyl sites for hydroxylation is 2. The molecule has 150 valence electrons. The number of hydrogen-bond acceptors (Lipinski definition) is 5. The second kappa shape index (κ2) is 9.74. The van der Waals surface area contributed by atoms with Crippen LogP contribution in [0.25, 0.3) is 11.2 Å². The van der Waals surface area contributed by atoms with Gasteiger partial charge in [0.05, 0.1) is 12.9 Å². The molecular weight excluding hydrogens is 370 g/mol. The molecule has 27 heavy (non-hydrogen) atoms. The van der Waals surface area contributed by atoms with E-state index < -0.39 is 5.60 Å². The van der Waals surface area contributed by atoms with Crippen molar-refractivity contribution in [1.29, 1.82) is 0 Å². The third-order valence-corrected chi connectivity index (χ3v) is 4.32. The van der Waals surface area contributed by atoms with E-state index in [4.69, 9.17) is 5.73 Å². The van der Waals surface area contributed by atoms with Gasteiger partial charge in [0.2, 0.25) is 0 Å². The van der Waals surface area contributed by atoms with Gasteiger partial charge in [-0.05, 0) is 32.6 Å². The van der Waals surface area contributed by atoms with Gasteiger partial charge in [-0.1, -0.05) is 18.8 Å². The molecule has 1 atom stereocenters. The van der Waals surface area contributed by atoms with Crippen molar-refractivity contribution in [2.45, 2.75) is 58.2 Å². The van der Waals surface area contributed by atoms with E-state index in [0.717, 1.165) is 6.42 Å². The Kier molecular flexibility index (Phi) is 8.28. The van der Waals surface area contributed by atoms with E-state index in [1.807, 2.05) is 6.92 Å². The smallest absolute Gasteiger partial charge is 0.332 e. The van der Waals surface area contributed by atoms with Crippen molar-refractivity contribution < 1.29 is 5.11 Å². The summed E-state index contributed by atoms with van der Waals surface area (Å²) in [4.78, 5) is 29.5. The SMILES string of the molecule is CCCn1cnc2c1c(=O)n(CCCCC(C)(O)C#CCN)c(=O)n2C.Cl. The molecule has 0 amide bonds. The molecule has 8 nitrogen and oxygen atoms in total. The molecule has 0 saturated heterocycles. The van der Waals surface area contributed by atoms with Crippen LogP contribution in [-0.4, -0.2) is 35.9 Å². The molecule has 2 aromatic rings. The van der Waals surface area contributed by atoms with E-state index in [1.54, 1.807) is 24.9 Å². The van der Waals surface area contributed by atoms with Crippen LogP contribution in [0.15, 0.2) is 15.9 Å². The van der Waals surface area contributed by atoms with E-state index in [2.05, 4.69) is 16.8 Å². The fourth-order valence-corrected chi connectivity index (χ4v) is 2.97. The van der Waals surface area contributed by atoms with Gasteiger partial charge >= 0.3 is 5.69 Å². The summed E-state index contributed by atoms with van der Waals surface area (Å²) in [6.45, 7) is 4.82. The Morgan fingerprint density at radius 3 is 2.63 bits per heavy atom. The van der Waals surface area contributed by atoms with Crippen LogP contribution in [0, 0.1) is 11.8 Å². The fraction of sp³-hybridized carbons (Fsp3) is 0.611. The van der Waals surface area contributed by atoms with Gasteiger partial charge in [0.15, 0.2) is 11.2 Å². The van der Waals surface area contributed by atoms with Crippen molar-refractivity contribution in [3.8, 4) is 11.8 Å². The molecule has 0 radical (unpaired) electrons. The summed E-state index contributed by atoms with van der Waals surface area (Å²) in [7, 11) is 1.62. The molecule has 0 fully saturated rings. The zero-order valence-electron chi connectivity index (χ0n) is 16.1. The average Bonchev–Trinajstić information content (AvgIpc) is 3.02. The van der Waals surface area contributed by atoms with Crippen molar-refractivity contribution >= 4 is 23.6 Å². The monoisotopic (exact) mass is 397 g/mol. The van der Waals surface area contributed by atoms with E-state index in [-0.39, 0.29) is 30.2 Å². The summed E-state index contributed by atoms with van der Waals surface area (Å²) < 4.78 is 4.45. The molecule has 0 bridgehead atoms. The summed E-state index contributed by atoms with van der Waals surface area (Å²) in [6, 6.07) is 0. The maximum absolute atomic E-state index is 12.8. The minimum atomic E-state index is -1.11. The Hall–Kier alpha value is -2.08. The van der Waals surface area contributed by atoms with Crippen molar-refractivity contribution in [1.82, 2.24) is 18.7 Å². The van der Waals surface area contributed by atoms with Crippen LogP contribution in [-0.2, 0) is 20.1 Å². The Morgan fingerprint density at radius 1 is 1.30 bits per heavy atom. The summed E-state index contributed by atoms with van der Waals surface area (Å²) in [5.74, 6) is 5.38. The van der Waals surface area contributed by atoms with Gasteiger partial charge in [-0.2, -0.15) is 0 Å². The van der Waals surface area contributed by atoms with Crippen molar-refractivity contribution in [3.63, 3.8) is 0 Å². The predicted octanol–water partition coefficient (Wildman–Crippen LogP) is 0.612. The molecule has 0 aromatic carbocycles. The minimum absolute atomic E-state index is 0. The summed E-state index contributed by atoms with van der Waals surface area (Å²) in [6.07, 6.45) is 4.14. The lowest BCUT2D eigenvalue weighted by Crippen LogP contribution is -2.39. The molecule has 0 spiro atoms. The number of aliphatic hydroxyl groups is 1. The second-order valence-electron chi connectivity index (χ2n) is 6.65. The van der Waals surface area contributed by atoms with Crippen LogP contribution in [0.4, 0.5) is 0 Å². The average molecular weight is 398 g/mol. The zero-order chi connectivity index (χ0) is 19.3. The number of nitrogens with zero attached hydrogens (tertiary/aromatic N) is 4. The summed E-state index contributed by atoms with van der Waals surface area (Å²) in [5.41, 5.74) is 4.37. The van der Waals surface area contributed by atoms with Gasteiger partial charge in [-0.25, -0.2) is 9.78 Å². The van der Waals surface area contributed by atoms with E-state index >= 15 is 0 Å². The lowest BCUT2D eigenvalue weighted by atomic mass is 10.00. The number of halogens is 1. The second-order valence-corrected chi connectivity index (χ2v) is 6.65. The summed E-state index contributed by atoms with van der Waals surface area (Å²) in [5, 5.41) is 10.1. The lowest BCUT2D eigenvalue weighted by molar-refractivity contribution is 0.108. The first kappa shape index (κ1) is 23.0. The third kappa shape index (κ3) is 5.22. The van der Waals surface area contributed by atoms with Crippen LogP contribution in [0.5, 0.6) is 0 Å². The molecule has 2 aromatic heterocycles. The number of unbranched alkanes of at least 4 members (excludes halogenated alkanes) is 1. The number of fused-ring (bicyclic) bond motifs is 1. The van der Waals surface area contributed by atoms with E-state index in [9.17, 15) is 14.7 Å². The van der Waals surface area contributed by atoms with Crippen molar-refractivity contribution in [3.05, 3.63) is 27.2 Å². The van der Waals surface area contributed by atoms with Gasteiger partial charge in [-0.3, -0.25) is 13.9 Å². The quantitative estimate of drug-likeness (QED) is 0.525. The molecule has 0 saturated carbocycles. The normalized spacial score (nSPS) is 12.9. The van der Waals surface area contributed by atoms with Gasteiger partial charge in [0, 0.05) is 20.1 Å². The van der Waals surface area contributed by atoms with Crippen LogP contribution in [0.3, 0.4) is 0 Å². The molecule has 0 aliphatic rings. The van der Waals surface area contributed by atoms with Crippen LogP contribution < -0.4 is 17.0 Å². The number of imidazole rings is 1. The molecule has 1 unspecified atom stereocenters. The standard InChI is InChI=1S/C18H27N5O3.ClH/c1-4-11-22-13-20-15-14(22)16(24)23(17(25)21(15)3)12-6-5-8-18(2,26)9-7-10-19;/h13,26H,4-6,8,10-12,19H2,1-3H3;1H. The Labute approximate surface area is 164 Å². The molecule has 2 rings (SSSR count). The molecule has 3 N–H and O–H groups in total. The van der Waals surface area contributed by atoms with Gasteiger partial charge in [0.25, 0.3) is 5.56 Å². The number of rotatable bonds is 7. The molecule has 9 heteroatoms. The highest BCUT2D eigenvalue weighted by Gasteiger charge is 2.18. The van der Waals surface area contributed by atoms with E-state index in [1.165, 1.54) is 9.13 Å². The zero-order valence-corrected chi connectivity index (χ0v) is 16.9. The Bertz CT molecular complexity index is 946.